The topological polar surface area (TPSA) is 126 Å². The lowest BCUT2D eigenvalue weighted by Gasteiger charge is -2.23. The number of nitrogen functional groups attached to an aromatic ring is 1. The molecule has 0 aliphatic heterocycles. The van der Waals surface area contributed by atoms with Gasteiger partial charge in [0.1, 0.15) is 23.9 Å². The monoisotopic (exact) mass is 566 g/mol. The van der Waals surface area contributed by atoms with Crippen molar-refractivity contribution >= 4 is 24.5 Å². The van der Waals surface area contributed by atoms with Crippen LogP contribution in [-0.4, -0.2) is 45.1 Å². The van der Waals surface area contributed by atoms with E-state index in [2.05, 4.69) is 65.9 Å². The number of nitrogens with one attached hydrogen (secondary N) is 1. The van der Waals surface area contributed by atoms with E-state index in [0.29, 0.717) is 49.0 Å². The zero-order valence-corrected chi connectivity index (χ0v) is 24.7. The number of benzene rings is 2. The number of nitrogens with two attached hydrogens (primary N) is 1. The molecule has 0 aliphatic carbocycles. The van der Waals surface area contributed by atoms with Crippen LogP contribution < -0.4 is 15.3 Å². The molecular formula is C29H39N6O4P. The smallest absolute Gasteiger partial charge is 0.342 e. The van der Waals surface area contributed by atoms with Crippen molar-refractivity contribution in [2.75, 3.05) is 25.2 Å². The molecule has 11 heteroatoms. The summed E-state index contributed by atoms with van der Waals surface area (Å²) in [6.45, 7) is 12.2. The van der Waals surface area contributed by atoms with Gasteiger partial charge < -0.3 is 24.3 Å². The summed E-state index contributed by atoms with van der Waals surface area (Å²) in [6.07, 6.45) is 2.61. The molecule has 0 fully saturated rings. The van der Waals surface area contributed by atoms with Crippen LogP contribution in [0.2, 0.25) is 0 Å². The fourth-order valence-electron chi connectivity index (χ4n) is 4.14. The highest BCUT2D eigenvalue weighted by Crippen LogP contribution is 2.43. The van der Waals surface area contributed by atoms with E-state index < -0.39 is 7.52 Å². The molecule has 10 nitrogen and oxygen atoms in total. The van der Waals surface area contributed by atoms with Crippen LogP contribution in [-0.2, 0) is 32.6 Å². The van der Waals surface area contributed by atoms with E-state index in [9.17, 15) is 4.57 Å². The summed E-state index contributed by atoms with van der Waals surface area (Å²) in [5, 5.41) is 3.05. The van der Waals surface area contributed by atoms with Gasteiger partial charge >= 0.3 is 7.52 Å². The number of aryl methyl sites for hydroxylation is 1. The molecule has 1 unspecified atom stereocenters. The number of hydrogen-bond acceptors (Lipinski definition) is 8. The van der Waals surface area contributed by atoms with E-state index in [-0.39, 0.29) is 17.9 Å². The standard InChI is InChI=1S/C29H39N6O4P/c1-21-15-24(29(3,4)5)12-11-23(21)17-37-14-13-34-40(36,39-25-9-7-6-8-10-25)20-38-22(2)16-35-19-33-26-27(30)31-18-32-28(26)35/h6-12,15,18-19,22H,13-14,16-17,20H2,1-5H3,(H,34,36)(H2,30,31,32)/t22-,40?/m1/s1. The van der Waals surface area contributed by atoms with Gasteiger partial charge in [-0.2, -0.15) is 0 Å². The van der Waals surface area contributed by atoms with Crippen molar-refractivity contribution in [1.29, 1.82) is 0 Å². The summed E-state index contributed by atoms with van der Waals surface area (Å²) in [6, 6.07) is 15.5. The van der Waals surface area contributed by atoms with Crippen molar-refractivity contribution in [1.82, 2.24) is 24.6 Å². The predicted molar refractivity (Wildman–Crippen MR) is 157 cm³/mol. The summed E-state index contributed by atoms with van der Waals surface area (Å²) in [5.74, 6) is 0.819. The van der Waals surface area contributed by atoms with E-state index in [1.807, 2.05) is 29.7 Å². The van der Waals surface area contributed by atoms with Gasteiger partial charge in [-0.3, -0.25) is 4.57 Å². The van der Waals surface area contributed by atoms with Gasteiger partial charge in [0.05, 0.1) is 32.2 Å². The van der Waals surface area contributed by atoms with Crippen molar-refractivity contribution < 1.29 is 18.6 Å². The Balaban J connectivity index is 1.32. The van der Waals surface area contributed by atoms with Crippen LogP contribution in [0, 0.1) is 6.92 Å². The number of anilines is 1. The number of rotatable bonds is 13. The number of fused-ring (bicyclic) bond motifs is 1. The maximum Gasteiger partial charge on any atom is 0.342 e. The minimum atomic E-state index is -3.41. The van der Waals surface area contributed by atoms with Crippen LogP contribution in [0.3, 0.4) is 0 Å². The quantitative estimate of drug-likeness (QED) is 0.160. The summed E-state index contributed by atoms with van der Waals surface area (Å²) in [7, 11) is -3.41. The van der Waals surface area contributed by atoms with Gasteiger partial charge in [-0.25, -0.2) is 20.0 Å². The number of hydrogen-bond donors (Lipinski definition) is 2. The summed E-state index contributed by atoms with van der Waals surface area (Å²) >= 11 is 0. The number of aromatic nitrogens is 4. The van der Waals surface area contributed by atoms with Crippen LogP contribution >= 0.6 is 7.52 Å². The molecule has 2 aromatic heterocycles. The molecule has 2 heterocycles. The molecule has 4 aromatic rings. The average Bonchev–Trinajstić information content (AvgIpc) is 3.32. The largest absolute Gasteiger partial charge is 0.431 e. The highest BCUT2D eigenvalue weighted by Gasteiger charge is 2.26. The van der Waals surface area contributed by atoms with Crippen molar-refractivity contribution in [3.05, 3.63) is 77.9 Å². The first-order valence-electron chi connectivity index (χ1n) is 13.3. The third kappa shape index (κ3) is 7.88. The van der Waals surface area contributed by atoms with Gasteiger partial charge in [0, 0.05) is 6.54 Å². The van der Waals surface area contributed by atoms with Crippen LogP contribution in [0.4, 0.5) is 5.82 Å². The summed E-state index contributed by atoms with van der Waals surface area (Å²) in [5.41, 5.74) is 10.8. The lowest BCUT2D eigenvalue weighted by atomic mass is 9.85. The van der Waals surface area contributed by atoms with E-state index in [4.69, 9.17) is 19.7 Å². The van der Waals surface area contributed by atoms with Crippen LogP contribution in [0.25, 0.3) is 11.2 Å². The molecule has 0 amide bonds. The molecule has 2 aromatic carbocycles. The lowest BCUT2D eigenvalue weighted by Crippen LogP contribution is -2.25. The first-order valence-corrected chi connectivity index (χ1v) is 15.1. The minimum Gasteiger partial charge on any atom is -0.431 e. The Hall–Kier alpha value is -3.30. The number of imidazole rings is 1. The fraction of sp³-hybridized carbons (Fsp3) is 0.414. The average molecular weight is 567 g/mol. The van der Waals surface area contributed by atoms with Crippen LogP contribution in [0.15, 0.2) is 61.2 Å². The van der Waals surface area contributed by atoms with E-state index in [0.717, 1.165) is 5.56 Å². The molecule has 214 valence electrons. The van der Waals surface area contributed by atoms with Gasteiger partial charge in [-0.15, -0.1) is 0 Å². The highest BCUT2D eigenvalue weighted by atomic mass is 31.2. The lowest BCUT2D eigenvalue weighted by molar-refractivity contribution is 0.0815. The van der Waals surface area contributed by atoms with Gasteiger partial charge in [-0.1, -0.05) is 57.2 Å². The van der Waals surface area contributed by atoms with Crippen molar-refractivity contribution in [2.45, 2.75) is 59.3 Å². The Morgan fingerprint density at radius 3 is 2.60 bits per heavy atom. The maximum absolute atomic E-state index is 13.8. The molecule has 0 spiro atoms. The third-order valence-electron chi connectivity index (χ3n) is 6.47. The van der Waals surface area contributed by atoms with Crippen LogP contribution in [0.5, 0.6) is 5.75 Å². The Kier molecular flexibility index (Phi) is 9.58. The molecule has 2 atom stereocenters. The van der Waals surface area contributed by atoms with Gasteiger partial charge in [0.15, 0.2) is 11.5 Å². The Morgan fingerprint density at radius 2 is 1.88 bits per heavy atom. The van der Waals surface area contributed by atoms with E-state index >= 15 is 0 Å². The Morgan fingerprint density at radius 1 is 1.10 bits per heavy atom. The van der Waals surface area contributed by atoms with Gasteiger partial charge in [-0.05, 0) is 48.1 Å². The van der Waals surface area contributed by atoms with Gasteiger partial charge in [0.2, 0.25) is 0 Å². The van der Waals surface area contributed by atoms with Crippen LogP contribution in [0.1, 0.15) is 44.4 Å². The first-order chi connectivity index (χ1) is 19.0. The molecule has 0 aliphatic rings. The normalized spacial score (nSPS) is 14.2. The van der Waals surface area contributed by atoms with E-state index in [1.54, 1.807) is 18.5 Å². The molecule has 3 N–H and O–H groups in total. The second-order valence-corrected chi connectivity index (χ2v) is 13.0. The zero-order chi connectivity index (χ0) is 28.8. The minimum absolute atomic E-state index is 0.0997. The van der Waals surface area contributed by atoms with Crippen molar-refractivity contribution in [3.63, 3.8) is 0 Å². The van der Waals surface area contributed by atoms with Crippen molar-refractivity contribution in [3.8, 4) is 5.75 Å². The summed E-state index contributed by atoms with van der Waals surface area (Å²) < 4.78 is 33.4. The molecule has 0 saturated heterocycles. The Bertz CT molecular complexity index is 1450. The van der Waals surface area contributed by atoms with E-state index in [1.165, 1.54) is 17.5 Å². The number of nitrogens with zero attached hydrogens (tertiary/aromatic N) is 4. The molecular weight excluding hydrogens is 527 g/mol. The predicted octanol–water partition coefficient (Wildman–Crippen LogP) is 5.46. The number of para-hydroxylation sites is 1. The highest BCUT2D eigenvalue weighted by molar-refractivity contribution is 7.57. The zero-order valence-electron chi connectivity index (χ0n) is 23.8. The third-order valence-corrected chi connectivity index (χ3v) is 8.17. The molecule has 0 saturated carbocycles. The Labute approximate surface area is 235 Å². The molecule has 0 radical (unpaired) electrons. The van der Waals surface area contributed by atoms with Crippen molar-refractivity contribution in [2.24, 2.45) is 0 Å². The van der Waals surface area contributed by atoms with Gasteiger partial charge in [0.25, 0.3) is 0 Å². The second-order valence-electron chi connectivity index (χ2n) is 10.9. The molecule has 40 heavy (non-hydrogen) atoms. The number of ether oxygens (including phenoxy) is 2. The SMILES string of the molecule is Cc1cc(C(C)(C)C)ccc1COCCNP(=O)(CO[C@H](C)Cn1cnc2c(N)ncnc21)Oc1ccccc1. The summed E-state index contributed by atoms with van der Waals surface area (Å²) in [4.78, 5) is 12.5. The molecule has 0 bridgehead atoms. The first kappa shape index (κ1) is 29.7. The second kappa shape index (κ2) is 12.9. The maximum atomic E-state index is 13.8. The fourth-order valence-corrected chi connectivity index (χ4v) is 5.69. The molecule has 4 rings (SSSR count).